The lowest BCUT2D eigenvalue weighted by atomic mass is 9.89. The molecule has 0 atom stereocenters. The molecule has 2 aromatic carbocycles. The minimum atomic E-state index is 0.0535. The van der Waals surface area contributed by atoms with Gasteiger partial charge in [-0.2, -0.15) is 0 Å². The summed E-state index contributed by atoms with van der Waals surface area (Å²) in [5.74, 6) is 1.48. The Labute approximate surface area is 168 Å². The molecule has 1 N–H and O–H groups in total. The highest BCUT2D eigenvalue weighted by molar-refractivity contribution is 5.90. The van der Waals surface area contributed by atoms with Crippen molar-refractivity contribution in [3.8, 4) is 5.75 Å². The molecule has 2 aromatic rings. The number of methoxy groups -OCH3 is 1. The summed E-state index contributed by atoms with van der Waals surface area (Å²) in [5, 5.41) is 3.07. The van der Waals surface area contributed by atoms with E-state index in [4.69, 9.17) is 4.74 Å². The van der Waals surface area contributed by atoms with Gasteiger partial charge in [-0.1, -0.05) is 31.2 Å². The molecule has 1 saturated heterocycles. The average Bonchev–Trinajstić information content (AvgIpc) is 2.73. The first-order valence-corrected chi connectivity index (χ1v) is 10.4. The summed E-state index contributed by atoms with van der Waals surface area (Å²) in [6, 6.07) is 16.3. The van der Waals surface area contributed by atoms with Crippen LogP contribution in [0.3, 0.4) is 0 Å². The molecule has 1 aliphatic rings. The lowest BCUT2D eigenvalue weighted by Gasteiger charge is -2.32. The first-order chi connectivity index (χ1) is 13.7. The Bertz CT molecular complexity index is 767. The number of amides is 1. The van der Waals surface area contributed by atoms with Crippen LogP contribution in [-0.2, 0) is 11.2 Å². The van der Waals surface area contributed by atoms with E-state index in [1.807, 2.05) is 30.3 Å². The topological polar surface area (TPSA) is 41.6 Å². The Morgan fingerprint density at radius 1 is 1.14 bits per heavy atom. The van der Waals surface area contributed by atoms with Crippen molar-refractivity contribution in [2.75, 3.05) is 32.1 Å². The van der Waals surface area contributed by atoms with Crippen LogP contribution < -0.4 is 10.1 Å². The normalized spacial score (nSPS) is 15.4. The highest BCUT2D eigenvalue weighted by Crippen LogP contribution is 2.29. The molecule has 1 aliphatic heterocycles. The zero-order valence-corrected chi connectivity index (χ0v) is 17.1. The molecule has 0 spiro atoms. The second-order valence-electron chi connectivity index (χ2n) is 7.64. The summed E-state index contributed by atoms with van der Waals surface area (Å²) >= 11 is 0. The van der Waals surface area contributed by atoms with Gasteiger partial charge in [-0.05, 0) is 86.6 Å². The zero-order chi connectivity index (χ0) is 19.8. The molecule has 0 aliphatic carbocycles. The average molecular weight is 381 g/mol. The molecule has 28 heavy (non-hydrogen) atoms. The van der Waals surface area contributed by atoms with Gasteiger partial charge in [-0.15, -0.1) is 0 Å². The molecule has 1 fully saturated rings. The summed E-state index contributed by atoms with van der Waals surface area (Å²) in [4.78, 5) is 14.9. The summed E-state index contributed by atoms with van der Waals surface area (Å²) < 4.78 is 5.24. The fourth-order valence-electron chi connectivity index (χ4n) is 3.99. The summed E-state index contributed by atoms with van der Waals surface area (Å²) in [6.07, 6.45) is 4.80. The number of benzene rings is 2. The van der Waals surface area contributed by atoms with E-state index in [0.717, 1.165) is 17.0 Å². The number of nitrogens with one attached hydrogen (secondary N) is 1. The number of ether oxygens (including phenoxy) is 1. The predicted molar refractivity (Wildman–Crippen MR) is 115 cm³/mol. The largest absolute Gasteiger partial charge is 0.497 e. The van der Waals surface area contributed by atoms with Gasteiger partial charge in [0.1, 0.15) is 5.75 Å². The Kier molecular flexibility index (Phi) is 7.49. The van der Waals surface area contributed by atoms with Crippen LogP contribution in [0.5, 0.6) is 5.75 Å². The number of anilines is 1. The number of aryl methyl sites for hydroxylation is 1. The number of rotatable bonds is 8. The molecule has 1 amide bonds. The Morgan fingerprint density at radius 2 is 1.93 bits per heavy atom. The van der Waals surface area contributed by atoms with Crippen LogP contribution in [0.15, 0.2) is 48.5 Å². The minimum absolute atomic E-state index is 0.0535. The van der Waals surface area contributed by atoms with Crippen molar-refractivity contribution in [2.45, 2.75) is 44.9 Å². The number of piperidine rings is 1. The lowest BCUT2D eigenvalue weighted by molar-refractivity contribution is -0.116. The Hall–Kier alpha value is -2.33. The molecule has 4 nitrogen and oxygen atoms in total. The fourth-order valence-corrected chi connectivity index (χ4v) is 3.99. The van der Waals surface area contributed by atoms with E-state index in [1.54, 1.807) is 7.11 Å². The monoisotopic (exact) mass is 380 g/mol. The second kappa shape index (κ2) is 10.3. The molecule has 1 heterocycles. The van der Waals surface area contributed by atoms with Crippen molar-refractivity contribution in [2.24, 2.45) is 0 Å². The van der Waals surface area contributed by atoms with Crippen LogP contribution in [0.25, 0.3) is 0 Å². The maximum Gasteiger partial charge on any atom is 0.224 e. The van der Waals surface area contributed by atoms with Gasteiger partial charge < -0.3 is 15.0 Å². The van der Waals surface area contributed by atoms with Crippen LogP contribution in [0, 0.1) is 0 Å². The fraction of sp³-hybridized carbons (Fsp3) is 0.458. The number of hydrogen-bond donors (Lipinski definition) is 1. The van der Waals surface area contributed by atoms with E-state index in [-0.39, 0.29) is 5.91 Å². The van der Waals surface area contributed by atoms with Crippen LogP contribution in [-0.4, -0.2) is 37.6 Å². The van der Waals surface area contributed by atoms with Crippen molar-refractivity contribution < 1.29 is 9.53 Å². The number of carbonyl (C=O) groups excluding carboxylic acids is 1. The van der Waals surface area contributed by atoms with Crippen molar-refractivity contribution in [3.05, 3.63) is 59.7 Å². The van der Waals surface area contributed by atoms with Crippen molar-refractivity contribution in [3.63, 3.8) is 0 Å². The van der Waals surface area contributed by atoms with E-state index < -0.39 is 0 Å². The van der Waals surface area contributed by atoms with Crippen molar-refractivity contribution in [1.82, 2.24) is 4.90 Å². The molecule has 0 unspecified atom stereocenters. The summed E-state index contributed by atoms with van der Waals surface area (Å²) in [6.45, 7) is 5.80. The van der Waals surface area contributed by atoms with Gasteiger partial charge >= 0.3 is 0 Å². The molecule has 3 rings (SSSR count). The standard InChI is InChI=1S/C24H32N2O2/c1-3-14-26-15-12-20(13-16-26)21-7-5-8-22(18-21)25-24(27)11-10-19-6-4-9-23(17-19)28-2/h4-9,17-18,20H,3,10-16H2,1-2H3,(H,25,27). The van der Waals surface area contributed by atoms with Gasteiger partial charge in [0.05, 0.1) is 7.11 Å². The maximum absolute atomic E-state index is 12.4. The summed E-state index contributed by atoms with van der Waals surface area (Å²) in [7, 11) is 1.66. The molecule has 0 aromatic heterocycles. The predicted octanol–water partition coefficient (Wildman–Crippen LogP) is 4.86. The number of carbonyl (C=O) groups is 1. The van der Waals surface area contributed by atoms with Crippen LogP contribution >= 0.6 is 0 Å². The number of hydrogen-bond acceptors (Lipinski definition) is 3. The molecule has 0 radical (unpaired) electrons. The zero-order valence-electron chi connectivity index (χ0n) is 17.1. The van der Waals surface area contributed by atoms with Gasteiger partial charge in [0.25, 0.3) is 0 Å². The van der Waals surface area contributed by atoms with E-state index in [1.165, 1.54) is 44.5 Å². The van der Waals surface area contributed by atoms with Crippen LogP contribution in [0.2, 0.25) is 0 Å². The van der Waals surface area contributed by atoms with Gasteiger partial charge in [0, 0.05) is 12.1 Å². The smallest absolute Gasteiger partial charge is 0.224 e. The number of likely N-dealkylation sites (tertiary alicyclic amines) is 1. The van der Waals surface area contributed by atoms with E-state index in [0.29, 0.717) is 18.8 Å². The quantitative estimate of drug-likeness (QED) is 0.711. The molecule has 0 saturated carbocycles. The first kappa shape index (κ1) is 20.4. The highest BCUT2D eigenvalue weighted by atomic mass is 16.5. The third-order valence-corrected chi connectivity index (χ3v) is 5.54. The molecular weight excluding hydrogens is 348 g/mol. The molecule has 150 valence electrons. The number of nitrogens with zero attached hydrogens (tertiary/aromatic N) is 1. The molecule has 4 heteroatoms. The van der Waals surface area contributed by atoms with Gasteiger partial charge in [0.2, 0.25) is 5.91 Å². The minimum Gasteiger partial charge on any atom is -0.497 e. The molecule has 0 bridgehead atoms. The first-order valence-electron chi connectivity index (χ1n) is 10.4. The van der Waals surface area contributed by atoms with Gasteiger partial charge in [-0.3, -0.25) is 4.79 Å². The Balaban J connectivity index is 1.52. The second-order valence-corrected chi connectivity index (χ2v) is 7.64. The maximum atomic E-state index is 12.4. The third kappa shape index (κ3) is 5.83. The lowest BCUT2D eigenvalue weighted by Crippen LogP contribution is -2.33. The molecular formula is C24H32N2O2. The summed E-state index contributed by atoms with van der Waals surface area (Å²) in [5.41, 5.74) is 3.37. The van der Waals surface area contributed by atoms with Crippen LogP contribution in [0.1, 0.15) is 49.7 Å². The van der Waals surface area contributed by atoms with Gasteiger partial charge in [0.15, 0.2) is 0 Å². The van der Waals surface area contributed by atoms with E-state index >= 15 is 0 Å². The van der Waals surface area contributed by atoms with E-state index in [9.17, 15) is 4.79 Å². The van der Waals surface area contributed by atoms with Gasteiger partial charge in [-0.25, -0.2) is 0 Å². The van der Waals surface area contributed by atoms with Crippen LogP contribution in [0.4, 0.5) is 5.69 Å². The Morgan fingerprint density at radius 3 is 2.68 bits per heavy atom. The van der Waals surface area contributed by atoms with Crippen molar-refractivity contribution >= 4 is 11.6 Å². The van der Waals surface area contributed by atoms with Crippen molar-refractivity contribution in [1.29, 1.82) is 0 Å². The SMILES string of the molecule is CCCN1CCC(c2cccc(NC(=O)CCc3cccc(OC)c3)c2)CC1. The third-order valence-electron chi connectivity index (χ3n) is 5.54. The highest BCUT2D eigenvalue weighted by Gasteiger charge is 2.20. The van der Waals surface area contributed by atoms with E-state index in [2.05, 4.69) is 35.3 Å².